The number of aromatic nitrogens is 1. The van der Waals surface area contributed by atoms with E-state index in [1.54, 1.807) is 4.57 Å². The van der Waals surface area contributed by atoms with Gasteiger partial charge in [-0.1, -0.05) is 81.3 Å². The minimum absolute atomic E-state index is 0.162. The highest BCUT2D eigenvalue weighted by Crippen LogP contribution is 2.42. The number of halogens is 2. The Bertz CT molecular complexity index is 1840. The Hall–Kier alpha value is -3.53. The molecule has 0 fully saturated rings. The average molecular weight is 595 g/mol. The molecule has 2 heterocycles. The third kappa shape index (κ3) is 3.94. The summed E-state index contributed by atoms with van der Waals surface area (Å²) in [6.07, 6.45) is 3.02. The summed E-state index contributed by atoms with van der Waals surface area (Å²) in [6.45, 7) is 0. The van der Waals surface area contributed by atoms with E-state index in [2.05, 4.69) is 22.0 Å². The van der Waals surface area contributed by atoms with Crippen LogP contribution in [0.2, 0.25) is 5.02 Å². The number of aromatic hydroxyl groups is 1. The second-order valence-corrected chi connectivity index (χ2v) is 11.1. The van der Waals surface area contributed by atoms with Gasteiger partial charge in [-0.05, 0) is 47.8 Å². The van der Waals surface area contributed by atoms with E-state index in [0.29, 0.717) is 18.8 Å². The van der Waals surface area contributed by atoms with Crippen LogP contribution in [0.25, 0.3) is 11.8 Å². The quantitative estimate of drug-likeness (QED) is 0.255. The Morgan fingerprint density at radius 2 is 1.92 bits per heavy atom. The lowest BCUT2D eigenvalue weighted by Crippen LogP contribution is -2.38. The number of nitro benzene ring substituents is 1. The van der Waals surface area contributed by atoms with Crippen molar-refractivity contribution in [3.8, 4) is 5.75 Å². The summed E-state index contributed by atoms with van der Waals surface area (Å²) in [6, 6.07) is 17.9. The normalized spacial score (nSPS) is 16.6. The summed E-state index contributed by atoms with van der Waals surface area (Å²) in [5.74, 6) is -0.505. The zero-order valence-corrected chi connectivity index (χ0v) is 22.2. The maximum Gasteiger partial charge on any atom is 0.312 e. The lowest BCUT2D eigenvalue weighted by Gasteiger charge is -2.31. The fourth-order valence-corrected chi connectivity index (χ4v) is 6.69. The second-order valence-electron chi connectivity index (χ2n) is 8.76. The van der Waals surface area contributed by atoms with Gasteiger partial charge in [-0.3, -0.25) is 19.5 Å². The van der Waals surface area contributed by atoms with Gasteiger partial charge >= 0.3 is 5.69 Å². The Labute approximate surface area is 227 Å². The van der Waals surface area contributed by atoms with Crippen LogP contribution in [0, 0.1) is 10.1 Å². The number of aryl methyl sites for hydroxylation is 1. The SMILES string of the molecule is O=c1/c(=C\c2cc(Br)cc([N+](=O)[O-])c2O)sc2n1[C@@H](c1ccccc1Cl)C1=C(N=2)c2ccccc2CC1. The van der Waals surface area contributed by atoms with E-state index in [0.717, 1.165) is 35.2 Å². The first-order chi connectivity index (χ1) is 17.8. The number of fused-ring (bicyclic) bond motifs is 3. The predicted molar refractivity (Wildman–Crippen MR) is 147 cm³/mol. The van der Waals surface area contributed by atoms with Gasteiger partial charge in [0.05, 0.1) is 21.2 Å². The van der Waals surface area contributed by atoms with Gasteiger partial charge in [0.2, 0.25) is 5.75 Å². The number of phenols is 1. The van der Waals surface area contributed by atoms with Crippen LogP contribution in [-0.4, -0.2) is 14.6 Å². The second kappa shape index (κ2) is 9.09. The number of phenolic OH excluding ortho intramolecular Hbond substituents is 1. The van der Waals surface area contributed by atoms with E-state index in [1.807, 2.05) is 42.5 Å². The molecule has 37 heavy (non-hydrogen) atoms. The number of allylic oxidation sites excluding steroid dienone is 1. The highest BCUT2D eigenvalue weighted by molar-refractivity contribution is 9.10. The summed E-state index contributed by atoms with van der Waals surface area (Å²) in [5.41, 5.74) is 4.32. The lowest BCUT2D eigenvalue weighted by atomic mass is 9.83. The molecule has 0 bridgehead atoms. The van der Waals surface area contributed by atoms with Gasteiger partial charge in [0.1, 0.15) is 0 Å². The van der Waals surface area contributed by atoms with Crippen LogP contribution >= 0.6 is 38.9 Å². The number of nitro groups is 1. The Morgan fingerprint density at radius 1 is 1.16 bits per heavy atom. The Kier molecular flexibility index (Phi) is 5.86. The third-order valence-electron chi connectivity index (χ3n) is 6.64. The molecular formula is C27H17BrClN3O4S. The van der Waals surface area contributed by atoms with Crippen molar-refractivity contribution in [3.05, 3.63) is 128 Å². The number of thiazole rings is 1. The fourth-order valence-electron chi connectivity index (χ4n) is 4.99. The number of hydrogen-bond donors (Lipinski definition) is 1. The molecular weight excluding hydrogens is 578 g/mol. The molecule has 2 aliphatic rings. The number of hydrogen-bond acceptors (Lipinski definition) is 6. The molecule has 1 aliphatic carbocycles. The molecule has 1 aliphatic heterocycles. The molecule has 10 heteroatoms. The molecule has 1 aromatic heterocycles. The van der Waals surface area contributed by atoms with Gasteiger partial charge in [0.25, 0.3) is 5.56 Å². The molecule has 0 saturated carbocycles. The average Bonchev–Trinajstić information content (AvgIpc) is 3.19. The molecule has 0 unspecified atom stereocenters. The summed E-state index contributed by atoms with van der Waals surface area (Å²) < 4.78 is 2.36. The molecule has 7 nitrogen and oxygen atoms in total. The standard InChI is InChI=1S/C27H17BrClN3O4S/c28-16-11-15(25(33)21(13-16)32(35)36)12-22-26(34)31-24(18-7-3-4-8-20(18)29)19-10-9-14-5-1-2-6-17(14)23(19)30-27(31)37-22/h1-8,11-13,24,33H,9-10H2/b22-12+/t24-/m0/s1. The van der Waals surface area contributed by atoms with Crippen molar-refractivity contribution in [2.24, 2.45) is 4.99 Å². The van der Waals surface area contributed by atoms with Crippen molar-refractivity contribution in [2.75, 3.05) is 0 Å². The van der Waals surface area contributed by atoms with Crippen LogP contribution < -0.4 is 14.9 Å². The molecule has 0 spiro atoms. The molecule has 0 radical (unpaired) electrons. The molecule has 4 aromatic rings. The summed E-state index contributed by atoms with van der Waals surface area (Å²) in [4.78, 5) is 30.0. The van der Waals surface area contributed by atoms with E-state index in [4.69, 9.17) is 16.6 Å². The van der Waals surface area contributed by atoms with Gasteiger partial charge < -0.3 is 5.11 Å². The smallest absolute Gasteiger partial charge is 0.312 e. The fraction of sp³-hybridized carbons (Fsp3) is 0.111. The van der Waals surface area contributed by atoms with E-state index >= 15 is 0 Å². The topological polar surface area (TPSA) is 97.7 Å². The highest BCUT2D eigenvalue weighted by Gasteiger charge is 2.33. The van der Waals surface area contributed by atoms with E-state index in [9.17, 15) is 20.0 Å². The maximum atomic E-state index is 13.8. The van der Waals surface area contributed by atoms with Crippen molar-refractivity contribution in [3.63, 3.8) is 0 Å². The van der Waals surface area contributed by atoms with Crippen molar-refractivity contribution in [1.82, 2.24) is 4.57 Å². The lowest BCUT2D eigenvalue weighted by molar-refractivity contribution is -0.385. The van der Waals surface area contributed by atoms with Gasteiger partial charge in [0.15, 0.2) is 4.80 Å². The van der Waals surface area contributed by atoms with Crippen LogP contribution in [-0.2, 0) is 6.42 Å². The van der Waals surface area contributed by atoms with Crippen molar-refractivity contribution >= 4 is 56.3 Å². The van der Waals surface area contributed by atoms with Crippen LogP contribution in [0.3, 0.4) is 0 Å². The van der Waals surface area contributed by atoms with Crippen molar-refractivity contribution < 1.29 is 10.0 Å². The maximum absolute atomic E-state index is 13.8. The highest BCUT2D eigenvalue weighted by atomic mass is 79.9. The largest absolute Gasteiger partial charge is 0.502 e. The molecule has 0 amide bonds. The monoisotopic (exact) mass is 593 g/mol. The van der Waals surface area contributed by atoms with Crippen LogP contribution in [0.5, 0.6) is 5.75 Å². The molecule has 1 N–H and O–H groups in total. The van der Waals surface area contributed by atoms with Gasteiger partial charge in [0, 0.05) is 26.7 Å². The number of nitrogens with zero attached hydrogens (tertiary/aromatic N) is 3. The zero-order chi connectivity index (χ0) is 25.8. The van der Waals surface area contributed by atoms with E-state index in [-0.39, 0.29) is 11.1 Å². The first-order valence-electron chi connectivity index (χ1n) is 11.4. The molecule has 0 saturated heterocycles. The van der Waals surface area contributed by atoms with Gasteiger partial charge in [-0.25, -0.2) is 4.99 Å². The number of rotatable bonds is 3. The first-order valence-corrected chi connectivity index (χ1v) is 13.4. The summed E-state index contributed by atoms with van der Waals surface area (Å²) in [7, 11) is 0. The summed E-state index contributed by atoms with van der Waals surface area (Å²) in [5, 5.41) is 22.5. The molecule has 6 rings (SSSR count). The third-order valence-corrected chi connectivity index (χ3v) is 8.43. The van der Waals surface area contributed by atoms with Crippen molar-refractivity contribution in [2.45, 2.75) is 18.9 Å². The van der Waals surface area contributed by atoms with E-state index in [1.165, 1.54) is 35.1 Å². The summed E-state index contributed by atoms with van der Waals surface area (Å²) >= 11 is 11.1. The van der Waals surface area contributed by atoms with Crippen LogP contribution in [0.1, 0.15) is 34.7 Å². The Balaban J connectivity index is 1.64. The van der Waals surface area contributed by atoms with Crippen LogP contribution in [0.4, 0.5) is 5.69 Å². The predicted octanol–water partition coefficient (Wildman–Crippen LogP) is 5.35. The first kappa shape index (κ1) is 23.8. The van der Waals surface area contributed by atoms with E-state index < -0.39 is 22.4 Å². The molecule has 1 atom stereocenters. The molecule has 3 aromatic carbocycles. The van der Waals surface area contributed by atoms with Gasteiger partial charge in [-0.2, -0.15) is 0 Å². The molecule has 184 valence electrons. The Morgan fingerprint density at radius 3 is 2.70 bits per heavy atom. The minimum Gasteiger partial charge on any atom is -0.502 e. The number of benzene rings is 3. The van der Waals surface area contributed by atoms with Crippen molar-refractivity contribution in [1.29, 1.82) is 0 Å². The van der Waals surface area contributed by atoms with Gasteiger partial charge in [-0.15, -0.1) is 0 Å². The minimum atomic E-state index is -0.665. The zero-order valence-electron chi connectivity index (χ0n) is 19.0. The van der Waals surface area contributed by atoms with Crippen LogP contribution in [0.15, 0.2) is 80.5 Å².